The van der Waals surface area contributed by atoms with Crippen LogP contribution in [0.25, 0.3) is 0 Å². The van der Waals surface area contributed by atoms with Gasteiger partial charge in [0.1, 0.15) is 24.7 Å². The Morgan fingerprint density at radius 3 is 2.73 bits per heavy atom. The minimum Gasteiger partial charge on any atom is -1.00 e. The molecule has 0 aliphatic heterocycles. The Balaban J connectivity index is 0.00000243. The molecule has 26 heavy (non-hydrogen) atoms. The average Bonchev–Trinajstić information content (AvgIpc) is 3.26. The zero-order chi connectivity index (χ0) is 17.8. The maximum atomic E-state index is 12.5. The van der Waals surface area contributed by atoms with Crippen LogP contribution < -0.4 is 28.5 Å². The lowest BCUT2D eigenvalue weighted by Crippen LogP contribution is -3.00. The molecule has 0 spiro atoms. The quantitative estimate of drug-likeness (QED) is 0.453. The molecular formula is C20H28IN3O2. The first kappa shape index (κ1) is 20.7. The van der Waals surface area contributed by atoms with Crippen molar-refractivity contribution < 1.29 is 38.4 Å². The number of carbonyl (C=O) groups is 1. The molecule has 142 valence electrons. The van der Waals surface area contributed by atoms with Gasteiger partial charge in [-0.3, -0.25) is 4.79 Å². The van der Waals surface area contributed by atoms with E-state index in [1.807, 2.05) is 55.6 Å². The Bertz CT molecular complexity index is 738. The number of nitrogens with zero attached hydrogens (tertiary/aromatic N) is 3. The topological polar surface area (TPSA) is 49.4 Å². The van der Waals surface area contributed by atoms with Crippen LogP contribution in [0.2, 0.25) is 0 Å². The lowest BCUT2D eigenvalue weighted by Gasteiger charge is -2.18. The fourth-order valence-electron chi connectivity index (χ4n) is 3.64. The van der Waals surface area contributed by atoms with Gasteiger partial charge in [-0.25, -0.2) is 9.13 Å². The van der Waals surface area contributed by atoms with Crippen molar-refractivity contribution in [3.05, 3.63) is 48.0 Å². The number of hydrogen-bond acceptors (Lipinski definition) is 2. The Kier molecular flexibility index (Phi) is 7.49. The summed E-state index contributed by atoms with van der Waals surface area (Å²) in [7, 11) is 3.80. The molecule has 5 nitrogen and oxygen atoms in total. The van der Waals surface area contributed by atoms with Crippen LogP contribution in [-0.4, -0.2) is 34.1 Å². The Morgan fingerprint density at radius 2 is 2.08 bits per heavy atom. The van der Waals surface area contributed by atoms with Crippen LogP contribution in [0.4, 0.5) is 0 Å². The lowest BCUT2D eigenvalue weighted by molar-refractivity contribution is -0.671. The molecule has 1 saturated carbocycles. The smallest absolute Gasteiger partial charge is 0.243 e. The van der Waals surface area contributed by atoms with Gasteiger partial charge in [0.05, 0.1) is 20.0 Å². The number of rotatable bonds is 6. The first-order valence-corrected chi connectivity index (χ1v) is 9.10. The number of hydrogen-bond donors (Lipinski definition) is 1. The van der Waals surface area contributed by atoms with Gasteiger partial charge in [0.25, 0.3) is 0 Å². The van der Waals surface area contributed by atoms with E-state index in [9.17, 15) is 9.90 Å². The molecule has 0 bridgehead atoms. The summed E-state index contributed by atoms with van der Waals surface area (Å²) in [6.07, 6.45) is 11.0. The predicted octanol–water partition coefficient (Wildman–Crippen LogP) is -0.619. The number of para-hydroxylation sites is 1. The van der Waals surface area contributed by atoms with Crippen LogP contribution >= 0.6 is 0 Å². The molecule has 1 aliphatic rings. The molecular weight excluding hydrogens is 441 g/mol. The van der Waals surface area contributed by atoms with Gasteiger partial charge < -0.3 is 34.0 Å². The van der Waals surface area contributed by atoms with E-state index in [0.717, 1.165) is 30.5 Å². The third kappa shape index (κ3) is 4.99. The molecule has 1 aromatic carbocycles. The number of phenolic OH excluding ortho intramolecular Hbond substituents is 1. The molecule has 2 aromatic rings. The zero-order valence-corrected chi connectivity index (χ0v) is 17.7. The molecule has 3 rings (SSSR count). The highest BCUT2D eigenvalue weighted by molar-refractivity contribution is 5.79. The van der Waals surface area contributed by atoms with Crippen molar-refractivity contribution in [1.82, 2.24) is 9.47 Å². The Hall–Kier alpha value is -1.57. The number of aromatic hydroxyl groups is 1. The number of phenols is 1. The second-order valence-corrected chi connectivity index (χ2v) is 7.15. The third-order valence-corrected chi connectivity index (χ3v) is 5.23. The summed E-state index contributed by atoms with van der Waals surface area (Å²) in [5.41, 5.74) is 1.76. The van der Waals surface area contributed by atoms with E-state index in [1.54, 1.807) is 4.90 Å². The normalized spacial score (nSPS) is 14.2. The fourth-order valence-corrected chi connectivity index (χ4v) is 3.64. The highest BCUT2D eigenvalue weighted by atomic mass is 127. The summed E-state index contributed by atoms with van der Waals surface area (Å²) in [5.74, 6) is 0.811. The molecule has 1 fully saturated rings. The molecule has 6 heteroatoms. The second-order valence-electron chi connectivity index (χ2n) is 7.15. The maximum Gasteiger partial charge on any atom is 0.243 e. The van der Waals surface area contributed by atoms with Gasteiger partial charge in [-0.15, -0.1) is 0 Å². The van der Waals surface area contributed by atoms with Crippen molar-refractivity contribution in [1.29, 1.82) is 0 Å². The SMILES string of the molecule is CN(CCn1cc[n+](C)c1)C(=O)Cc1cccc(C2CCCC2)c1O.[I-]. The number of amides is 1. The maximum absolute atomic E-state index is 12.5. The molecule has 0 atom stereocenters. The summed E-state index contributed by atoms with van der Waals surface area (Å²) in [6, 6.07) is 5.84. The van der Waals surface area contributed by atoms with E-state index in [0.29, 0.717) is 18.2 Å². The minimum absolute atomic E-state index is 0. The standard InChI is InChI=1S/C20H27N3O2.HI/c1-21-10-12-23(15-21)13-11-22(2)19(24)14-17-8-5-9-18(20(17)25)16-6-3-4-7-16;/h5,8-10,12,15-16H,3-4,6-7,11,13-14H2,1-2H3;1H. The van der Waals surface area contributed by atoms with Crippen molar-refractivity contribution in [3.63, 3.8) is 0 Å². The third-order valence-electron chi connectivity index (χ3n) is 5.23. The molecule has 1 N–H and O–H groups in total. The largest absolute Gasteiger partial charge is 1.00 e. The molecule has 1 amide bonds. The number of imidazole rings is 1. The molecule has 0 unspecified atom stereocenters. The monoisotopic (exact) mass is 469 g/mol. The van der Waals surface area contributed by atoms with Gasteiger partial charge in [-0.2, -0.15) is 0 Å². The minimum atomic E-state index is 0. The zero-order valence-electron chi connectivity index (χ0n) is 15.6. The van der Waals surface area contributed by atoms with Crippen molar-refractivity contribution in [3.8, 4) is 5.75 Å². The summed E-state index contributed by atoms with van der Waals surface area (Å²) in [5, 5.41) is 10.6. The van der Waals surface area contributed by atoms with E-state index in [-0.39, 0.29) is 36.3 Å². The average molecular weight is 469 g/mol. The molecule has 0 saturated heterocycles. The highest BCUT2D eigenvalue weighted by Crippen LogP contribution is 2.39. The van der Waals surface area contributed by atoms with E-state index < -0.39 is 0 Å². The molecule has 1 heterocycles. The molecule has 1 aromatic heterocycles. The van der Waals surface area contributed by atoms with Crippen LogP contribution in [0.1, 0.15) is 42.7 Å². The van der Waals surface area contributed by atoms with E-state index in [1.165, 1.54) is 12.8 Å². The number of aryl methyl sites for hydroxylation is 1. The highest BCUT2D eigenvalue weighted by Gasteiger charge is 2.22. The van der Waals surface area contributed by atoms with Crippen molar-refractivity contribution in [2.75, 3.05) is 13.6 Å². The fraction of sp³-hybridized carbons (Fsp3) is 0.500. The van der Waals surface area contributed by atoms with E-state index >= 15 is 0 Å². The van der Waals surface area contributed by atoms with Gasteiger partial charge in [0.15, 0.2) is 0 Å². The lowest BCUT2D eigenvalue weighted by atomic mass is 9.93. The van der Waals surface area contributed by atoms with Gasteiger partial charge in [0, 0.05) is 12.6 Å². The number of halogens is 1. The molecule has 0 radical (unpaired) electrons. The second kappa shape index (κ2) is 9.39. The van der Waals surface area contributed by atoms with Gasteiger partial charge in [-0.1, -0.05) is 31.0 Å². The van der Waals surface area contributed by atoms with E-state index in [2.05, 4.69) is 4.57 Å². The van der Waals surface area contributed by atoms with Gasteiger partial charge in [-0.05, 0) is 24.3 Å². The predicted molar refractivity (Wildman–Crippen MR) is 96.3 cm³/mol. The van der Waals surface area contributed by atoms with Crippen LogP contribution in [-0.2, 0) is 24.8 Å². The van der Waals surface area contributed by atoms with Gasteiger partial charge >= 0.3 is 0 Å². The van der Waals surface area contributed by atoms with Crippen LogP contribution in [0.15, 0.2) is 36.9 Å². The summed E-state index contributed by atoms with van der Waals surface area (Å²) < 4.78 is 4.04. The summed E-state index contributed by atoms with van der Waals surface area (Å²) >= 11 is 0. The van der Waals surface area contributed by atoms with Crippen LogP contribution in [0, 0.1) is 0 Å². The number of benzene rings is 1. The first-order valence-electron chi connectivity index (χ1n) is 9.10. The number of aromatic nitrogens is 2. The van der Waals surface area contributed by atoms with Crippen LogP contribution in [0.5, 0.6) is 5.75 Å². The Morgan fingerprint density at radius 1 is 1.35 bits per heavy atom. The number of likely N-dealkylation sites (N-methyl/N-ethyl adjacent to an activating group) is 1. The Labute approximate surface area is 172 Å². The van der Waals surface area contributed by atoms with Crippen LogP contribution in [0.3, 0.4) is 0 Å². The van der Waals surface area contributed by atoms with Crippen molar-refractivity contribution >= 4 is 5.91 Å². The summed E-state index contributed by atoms with van der Waals surface area (Å²) in [4.78, 5) is 14.3. The van der Waals surface area contributed by atoms with Gasteiger partial charge in [0.2, 0.25) is 12.2 Å². The summed E-state index contributed by atoms with van der Waals surface area (Å²) in [6.45, 7) is 1.41. The first-order chi connectivity index (χ1) is 12.0. The van der Waals surface area contributed by atoms with E-state index in [4.69, 9.17) is 0 Å². The van der Waals surface area contributed by atoms with Crippen molar-refractivity contribution in [2.45, 2.75) is 44.6 Å². The van der Waals surface area contributed by atoms with Crippen molar-refractivity contribution in [2.24, 2.45) is 7.05 Å². The molecule has 1 aliphatic carbocycles. The number of carbonyl (C=O) groups excluding carboxylic acids is 1.